The van der Waals surface area contributed by atoms with Crippen molar-refractivity contribution in [2.24, 2.45) is 11.8 Å². The lowest BCUT2D eigenvalue weighted by atomic mass is 9.98. The number of hydrogen-bond donors (Lipinski definition) is 3. The Morgan fingerprint density at radius 1 is 1.00 bits per heavy atom. The van der Waals surface area contributed by atoms with Gasteiger partial charge in [-0.2, -0.15) is 0 Å². The number of carbonyl (C=O) groups excluding carboxylic acids is 2. The Morgan fingerprint density at radius 3 is 2.24 bits per heavy atom. The Kier molecular flexibility index (Phi) is 7.07. The Bertz CT molecular complexity index is 1010. The number of aliphatic carboxylic acids is 1. The SMILES string of the molecule is O=C(O)/C=C/CNC(=O)C(CNC(=O)OCC1c2ccccc2-c2ccccc21)CC1CC1. The average Bonchev–Trinajstić information content (AvgIpc) is 3.58. The number of carboxylic acid groups (broad SMARTS) is 1. The van der Waals surface area contributed by atoms with Crippen molar-refractivity contribution in [1.82, 2.24) is 10.6 Å². The van der Waals surface area contributed by atoms with E-state index in [0.29, 0.717) is 12.3 Å². The predicted octanol–water partition coefficient (Wildman–Crippen LogP) is 3.70. The fraction of sp³-hybridized carbons (Fsp3) is 0.346. The van der Waals surface area contributed by atoms with Crippen molar-refractivity contribution in [3.05, 3.63) is 71.8 Å². The van der Waals surface area contributed by atoms with Crippen LogP contribution < -0.4 is 10.6 Å². The molecule has 1 saturated carbocycles. The van der Waals surface area contributed by atoms with Gasteiger partial charge in [0.25, 0.3) is 0 Å². The fourth-order valence-electron chi connectivity index (χ4n) is 4.36. The van der Waals surface area contributed by atoms with Crippen molar-refractivity contribution in [3.63, 3.8) is 0 Å². The maximum Gasteiger partial charge on any atom is 0.407 e. The third-order valence-electron chi connectivity index (χ3n) is 6.18. The third-order valence-corrected chi connectivity index (χ3v) is 6.18. The van der Waals surface area contributed by atoms with Crippen LogP contribution in [0.15, 0.2) is 60.7 Å². The third kappa shape index (κ3) is 5.80. The van der Waals surface area contributed by atoms with E-state index in [1.54, 1.807) is 0 Å². The van der Waals surface area contributed by atoms with Gasteiger partial charge in [0.15, 0.2) is 0 Å². The maximum atomic E-state index is 12.5. The van der Waals surface area contributed by atoms with Crippen LogP contribution >= 0.6 is 0 Å². The van der Waals surface area contributed by atoms with E-state index >= 15 is 0 Å². The highest BCUT2D eigenvalue weighted by molar-refractivity contribution is 5.81. The van der Waals surface area contributed by atoms with E-state index in [-0.39, 0.29) is 37.4 Å². The van der Waals surface area contributed by atoms with Crippen LogP contribution in [0.4, 0.5) is 4.79 Å². The number of hydrogen-bond acceptors (Lipinski definition) is 4. The molecule has 2 aliphatic carbocycles. The molecule has 2 amide bonds. The molecule has 0 radical (unpaired) electrons. The van der Waals surface area contributed by atoms with Crippen molar-refractivity contribution in [2.45, 2.75) is 25.2 Å². The molecule has 2 aromatic carbocycles. The smallest absolute Gasteiger partial charge is 0.407 e. The first-order valence-corrected chi connectivity index (χ1v) is 11.3. The largest absolute Gasteiger partial charge is 0.478 e. The first-order chi connectivity index (χ1) is 16.0. The number of carboxylic acids is 1. The Balaban J connectivity index is 1.30. The molecular weight excluding hydrogens is 420 g/mol. The number of amides is 2. The highest BCUT2D eigenvalue weighted by Crippen LogP contribution is 2.44. The quantitative estimate of drug-likeness (QED) is 0.481. The Hall–Kier alpha value is -3.61. The summed E-state index contributed by atoms with van der Waals surface area (Å²) < 4.78 is 5.56. The highest BCUT2D eigenvalue weighted by Gasteiger charge is 2.31. The minimum atomic E-state index is -1.06. The van der Waals surface area contributed by atoms with Gasteiger partial charge in [-0.1, -0.05) is 67.4 Å². The molecule has 2 aliphatic rings. The van der Waals surface area contributed by atoms with Crippen molar-refractivity contribution < 1.29 is 24.2 Å². The van der Waals surface area contributed by atoms with Crippen LogP contribution in [0.5, 0.6) is 0 Å². The van der Waals surface area contributed by atoms with E-state index in [9.17, 15) is 14.4 Å². The molecule has 0 bridgehead atoms. The summed E-state index contributed by atoms with van der Waals surface area (Å²) >= 11 is 0. The topological polar surface area (TPSA) is 105 Å². The molecule has 3 N–H and O–H groups in total. The second kappa shape index (κ2) is 10.3. The van der Waals surface area contributed by atoms with E-state index in [1.165, 1.54) is 17.2 Å². The lowest BCUT2D eigenvalue weighted by molar-refractivity contribution is -0.131. The Labute approximate surface area is 192 Å². The first kappa shape index (κ1) is 22.6. The van der Waals surface area contributed by atoms with E-state index in [2.05, 4.69) is 34.9 Å². The van der Waals surface area contributed by atoms with Gasteiger partial charge >= 0.3 is 12.1 Å². The second-order valence-electron chi connectivity index (χ2n) is 8.57. The molecule has 0 heterocycles. The molecule has 4 rings (SSSR count). The molecule has 0 saturated heterocycles. The van der Waals surface area contributed by atoms with Crippen LogP contribution in [0.3, 0.4) is 0 Å². The predicted molar refractivity (Wildman–Crippen MR) is 124 cm³/mol. The van der Waals surface area contributed by atoms with Gasteiger partial charge in [0.05, 0.1) is 5.92 Å². The Morgan fingerprint density at radius 2 is 1.64 bits per heavy atom. The van der Waals surface area contributed by atoms with E-state index < -0.39 is 12.1 Å². The molecule has 7 nitrogen and oxygen atoms in total. The second-order valence-corrected chi connectivity index (χ2v) is 8.57. The monoisotopic (exact) mass is 448 g/mol. The molecule has 1 unspecified atom stereocenters. The molecule has 7 heteroatoms. The summed E-state index contributed by atoms with van der Waals surface area (Å²) in [6, 6.07) is 16.3. The minimum Gasteiger partial charge on any atom is -0.478 e. The van der Waals surface area contributed by atoms with Gasteiger partial charge in [0, 0.05) is 25.1 Å². The van der Waals surface area contributed by atoms with Crippen molar-refractivity contribution in [2.75, 3.05) is 19.7 Å². The molecule has 2 aromatic rings. The van der Waals surface area contributed by atoms with Crippen molar-refractivity contribution in [3.8, 4) is 11.1 Å². The lowest BCUT2D eigenvalue weighted by Crippen LogP contribution is -2.39. The van der Waals surface area contributed by atoms with Crippen molar-refractivity contribution in [1.29, 1.82) is 0 Å². The normalized spacial score (nSPS) is 15.5. The summed E-state index contributed by atoms with van der Waals surface area (Å²) in [5.74, 6) is -1.16. The molecule has 33 heavy (non-hydrogen) atoms. The summed E-state index contributed by atoms with van der Waals surface area (Å²) in [7, 11) is 0. The zero-order chi connectivity index (χ0) is 23.2. The molecule has 0 spiro atoms. The number of rotatable bonds is 10. The van der Waals surface area contributed by atoms with E-state index in [4.69, 9.17) is 9.84 Å². The average molecular weight is 449 g/mol. The molecule has 1 fully saturated rings. The van der Waals surface area contributed by atoms with Crippen LogP contribution in [0.25, 0.3) is 11.1 Å². The summed E-state index contributed by atoms with van der Waals surface area (Å²) in [5, 5.41) is 14.1. The minimum absolute atomic E-state index is 0.0188. The first-order valence-electron chi connectivity index (χ1n) is 11.3. The molecule has 0 aliphatic heterocycles. The summed E-state index contributed by atoms with van der Waals surface area (Å²) in [4.78, 5) is 35.5. The zero-order valence-corrected chi connectivity index (χ0v) is 18.3. The lowest BCUT2D eigenvalue weighted by Gasteiger charge is -2.18. The van der Waals surface area contributed by atoms with Gasteiger partial charge in [-0.15, -0.1) is 0 Å². The van der Waals surface area contributed by atoms with Gasteiger partial charge in [0.1, 0.15) is 6.61 Å². The van der Waals surface area contributed by atoms with E-state index in [0.717, 1.165) is 30.0 Å². The van der Waals surface area contributed by atoms with E-state index in [1.807, 2.05) is 24.3 Å². The summed E-state index contributed by atoms with van der Waals surface area (Å²) in [6.45, 7) is 0.540. The zero-order valence-electron chi connectivity index (χ0n) is 18.3. The maximum absolute atomic E-state index is 12.5. The van der Waals surface area contributed by atoms with Gasteiger partial charge in [-0.05, 0) is 34.6 Å². The van der Waals surface area contributed by atoms with Gasteiger partial charge in [0.2, 0.25) is 5.91 Å². The number of fused-ring (bicyclic) bond motifs is 3. The molecular formula is C26H28N2O5. The highest BCUT2D eigenvalue weighted by atomic mass is 16.5. The molecule has 172 valence electrons. The number of ether oxygens (including phenoxy) is 1. The van der Waals surface area contributed by atoms with Gasteiger partial charge in [-0.25, -0.2) is 9.59 Å². The number of alkyl carbamates (subject to hydrolysis) is 1. The molecule has 1 atom stereocenters. The summed E-state index contributed by atoms with van der Waals surface area (Å²) in [6.07, 6.45) is 4.70. The van der Waals surface area contributed by atoms with Crippen LogP contribution in [0, 0.1) is 11.8 Å². The van der Waals surface area contributed by atoms with Crippen LogP contribution in [-0.4, -0.2) is 42.8 Å². The number of carbonyl (C=O) groups is 3. The number of nitrogens with one attached hydrogen (secondary N) is 2. The summed E-state index contributed by atoms with van der Waals surface area (Å²) in [5.41, 5.74) is 4.62. The fourth-order valence-corrected chi connectivity index (χ4v) is 4.36. The molecule has 0 aromatic heterocycles. The number of benzene rings is 2. The van der Waals surface area contributed by atoms with Crippen molar-refractivity contribution >= 4 is 18.0 Å². The van der Waals surface area contributed by atoms with Gasteiger partial charge < -0.3 is 20.5 Å². The van der Waals surface area contributed by atoms with Crippen LogP contribution in [0.2, 0.25) is 0 Å². The van der Waals surface area contributed by atoms with Gasteiger partial charge in [-0.3, -0.25) is 4.79 Å². The standard InChI is InChI=1S/C26H28N2O5/c29-24(30)10-5-13-27-25(31)18(14-17-11-12-17)15-28-26(32)33-16-23-21-8-3-1-6-19(21)20-7-2-4-9-22(20)23/h1-10,17-18,23H,11-16H2,(H,27,31)(H,28,32)(H,29,30)/b10-5+. The van der Waals surface area contributed by atoms with Crippen LogP contribution in [-0.2, 0) is 14.3 Å². The van der Waals surface area contributed by atoms with Crippen LogP contribution in [0.1, 0.15) is 36.3 Å².